The lowest BCUT2D eigenvalue weighted by Gasteiger charge is -2.24. The molecule has 27 heavy (non-hydrogen) atoms. The molecule has 0 heterocycles. The second-order valence-electron chi connectivity index (χ2n) is 6.15. The zero-order chi connectivity index (χ0) is 20.1. The highest BCUT2D eigenvalue weighted by Crippen LogP contribution is 2.25. The summed E-state index contributed by atoms with van der Waals surface area (Å²) in [4.78, 5) is 32.5. The summed E-state index contributed by atoms with van der Waals surface area (Å²) < 4.78 is 0. The fourth-order valence-corrected chi connectivity index (χ4v) is 2.98. The Labute approximate surface area is 159 Å². The fraction of sp³-hybridized carbons (Fsp3) is 0.438. The number of hydrogen-bond donors (Lipinski definition) is 3. The number of hydrogen-bond acceptors (Lipinski definition) is 8. The fourth-order valence-electron chi connectivity index (χ4n) is 2.73. The highest BCUT2D eigenvalue weighted by atomic mass is 35.5. The molecule has 0 aliphatic heterocycles. The highest BCUT2D eigenvalue weighted by molar-refractivity contribution is 6.31. The Morgan fingerprint density at radius 2 is 2.11 bits per heavy atom. The van der Waals surface area contributed by atoms with Crippen molar-refractivity contribution in [2.45, 2.75) is 38.3 Å². The van der Waals surface area contributed by atoms with Crippen molar-refractivity contribution in [2.24, 2.45) is 0 Å². The number of carbonyl (C=O) groups is 1. The smallest absolute Gasteiger partial charge is 0.315 e. The van der Waals surface area contributed by atoms with Gasteiger partial charge in [0.05, 0.1) is 28.1 Å². The van der Waals surface area contributed by atoms with Crippen LogP contribution in [-0.4, -0.2) is 39.4 Å². The average molecular weight is 399 g/mol. The van der Waals surface area contributed by atoms with E-state index in [1.807, 2.05) is 6.08 Å². The van der Waals surface area contributed by atoms with Crippen LogP contribution >= 0.6 is 11.6 Å². The first-order chi connectivity index (χ1) is 12.7. The Kier molecular flexibility index (Phi) is 6.56. The number of rotatable bonds is 8. The zero-order valence-corrected chi connectivity index (χ0v) is 15.2. The second kappa shape index (κ2) is 8.67. The number of allylic oxidation sites excluding steroid dienone is 4. The van der Waals surface area contributed by atoms with Gasteiger partial charge in [-0.2, -0.15) is 0 Å². The highest BCUT2D eigenvalue weighted by Gasteiger charge is 2.36. The lowest BCUT2D eigenvalue weighted by molar-refractivity contribution is -0.512. The van der Waals surface area contributed by atoms with Crippen LogP contribution in [-0.2, 0) is 4.79 Å². The summed E-state index contributed by atoms with van der Waals surface area (Å²) in [6.45, 7) is 1.41. The van der Waals surface area contributed by atoms with Gasteiger partial charge in [-0.25, -0.2) is 0 Å². The molecule has 0 aromatic heterocycles. The maximum absolute atomic E-state index is 12.0. The van der Waals surface area contributed by atoms with Crippen LogP contribution < -0.4 is 10.6 Å². The quantitative estimate of drug-likeness (QED) is 0.414. The Hall–Kier alpha value is -2.88. The first-order valence-electron chi connectivity index (χ1n) is 8.19. The van der Waals surface area contributed by atoms with Crippen molar-refractivity contribution in [3.05, 3.63) is 66.3 Å². The molecule has 0 aromatic rings. The molecule has 146 valence electrons. The predicted molar refractivity (Wildman–Crippen MR) is 97.0 cm³/mol. The summed E-state index contributed by atoms with van der Waals surface area (Å²) in [6.07, 6.45) is 5.64. The standard InChI is InChI=1S/C16H19ClN4O6/c1-9(22)14(8-18-12-5-3-2-4-11(12)17)19-13-6-10(20(24)25)7-15(16(13)23)21(26)27/h2,4,7,10,14,18-19,23H,3,5-6,8H2,1H3. The van der Waals surface area contributed by atoms with Crippen LogP contribution in [0.3, 0.4) is 0 Å². The van der Waals surface area contributed by atoms with Crippen molar-refractivity contribution < 1.29 is 19.7 Å². The molecule has 2 rings (SSSR count). The Morgan fingerprint density at radius 1 is 1.41 bits per heavy atom. The van der Waals surface area contributed by atoms with E-state index in [9.17, 15) is 30.1 Å². The maximum Gasteiger partial charge on any atom is 0.315 e. The van der Waals surface area contributed by atoms with Gasteiger partial charge >= 0.3 is 5.70 Å². The lowest BCUT2D eigenvalue weighted by Crippen LogP contribution is -2.45. The van der Waals surface area contributed by atoms with E-state index >= 15 is 0 Å². The molecule has 11 heteroatoms. The van der Waals surface area contributed by atoms with Crippen molar-refractivity contribution in [3.8, 4) is 0 Å². The van der Waals surface area contributed by atoms with Crippen molar-refractivity contribution in [3.63, 3.8) is 0 Å². The van der Waals surface area contributed by atoms with Gasteiger partial charge in [0.25, 0.3) is 0 Å². The van der Waals surface area contributed by atoms with Gasteiger partial charge in [-0.15, -0.1) is 0 Å². The zero-order valence-electron chi connectivity index (χ0n) is 14.5. The first kappa shape index (κ1) is 20.4. The van der Waals surface area contributed by atoms with E-state index in [1.54, 1.807) is 6.08 Å². The summed E-state index contributed by atoms with van der Waals surface area (Å²) >= 11 is 6.09. The molecule has 0 saturated carbocycles. The number of nitrogens with zero attached hydrogens (tertiary/aromatic N) is 2. The van der Waals surface area contributed by atoms with E-state index in [4.69, 9.17) is 11.6 Å². The summed E-state index contributed by atoms with van der Waals surface area (Å²) in [6, 6.07) is -2.23. The van der Waals surface area contributed by atoms with Crippen molar-refractivity contribution in [1.82, 2.24) is 10.6 Å². The molecule has 0 spiro atoms. The van der Waals surface area contributed by atoms with Gasteiger partial charge in [-0.1, -0.05) is 17.7 Å². The van der Waals surface area contributed by atoms with Gasteiger partial charge in [0, 0.05) is 17.2 Å². The molecule has 0 aromatic carbocycles. The van der Waals surface area contributed by atoms with Crippen LogP contribution in [0.2, 0.25) is 0 Å². The van der Waals surface area contributed by atoms with Crippen LogP contribution in [0.15, 0.2) is 46.1 Å². The number of nitro groups is 2. The van der Waals surface area contributed by atoms with Crippen LogP contribution in [0, 0.1) is 20.2 Å². The number of halogens is 1. The molecule has 0 radical (unpaired) electrons. The Bertz CT molecular complexity index is 786. The third-order valence-corrected chi connectivity index (χ3v) is 4.59. The van der Waals surface area contributed by atoms with Gasteiger partial charge < -0.3 is 15.7 Å². The minimum atomic E-state index is -1.37. The molecule has 0 saturated heterocycles. The molecular weight excluding hydrogens is 380 g/mol. The monoisotopic (exact) mass is 398 g/mol. The molecule has 2 aliphatic carbocycles. The normalized spacial score (nSPS) is 20.8. The number of aliphatic hydroxyl groups excluding tert-OH is 1. The lowest BCUT2D eigenvalue weighted by atomic mass is 10.0. The molecule has 3 N–H and O–H groups in total. The molecule has 2 unspecified atom stereocenters. The minimum absolute atomic E-state index is 0.103. The van der Waals surface area contributed by atoms with Crippen LogP contribution in [0.4, 0.5) is 0 Å². The molecule has 0 bridgehead atoms. The van der Waals surface area contributed by atoms with Crippen molar-refractivity contribution >= 4 is 17.4 Å². The predicted octanol–water partition coefficient (Wildman–Crippen LogP) is 1.90. The number of carbonyl (C=O) groups excluding carboxylic acids is 1. The first-order valence-corrected chi connectivity index (χ1v) is 8.56. The van der Waals surface area contributed by atoms with Crippen molar-refractivity contribution in [1.29, 1.82) is 0 Å². The van der Waals surface area contributed by atoms with E-state index in [2.05, 4.69) is 10.6 Å². The Balaban J connectivity index is 2.18. The number of Topliss-reactive ketones (excluding diaryl/α,β-unsaturated/α-hetero) is 1. The second-order valence-corrected chi connectivity index (χ2v) is 6.56. The number of ketones is 1. The van der Waals surface area contributed by atoms with E-state index in [0.717, 1.165) is 18.2 Å². The largest absolute Gasteiger partial charge is 0.501 e. The van der Waals surface area contributed by atoms with Crippen LogP contribution in [0.5, 0.6) is 0 Å². The molecule has 0 fully saturated rings. The van der Waals surface area contributed by atoms with Gasteiger partial charge in [0.1, 0.15) is 6.04 Å². The van der Waals surface area contributed by atoms with Gasteiger partial charge in [0.2, 0.25) is 11.8 Å². The molecule has 2 aliphatic rings. The average Bonchev–Trinajstić information content (AvgIpc) is 2.60. The SMILES string of the molecule is CC(=O)C(CNC1=C(Cl)C=CCC1)NC1=C(O)C([N+](=O)[O-])=CC([N+](=O)[O-])C1. The van der Waals surface area contributed by atoms with E-state index in [1.165, 1.54) is 6.92 Å². The van der Waals surface area contributed by atoms with Crippen LogP contribution in [0.1, 0.15) is 26.2 Å². The molecule has 0 amide bonds. The van der Waals surface area contributed by atoms with Gasteiger partial charge in [-0.3, -0.25) is 25.0 Å². The summed E-state index contributed by atoms with van der Waals surface area (Å²) in [5.74, 6) is -1.01. The summed E-state index contributed by atoms with van der Waals surface area (Å²) in [5.41, 5.74) is -0.122. The molecule has 2 atom stereocenters. The maximum atomic E-state index is 12.0. The Morgan fingerprint density at radius 3 is 2.67 bits per heavy atom. The molecular formula is C16H19ClN4O6. The summed E-state index contributed by atoms with van der Waals surface area (Å²) in [5, 5.41) is 38.5. The number of nitrogens with one attached hydrogen (secondary N) is 2. The van der Waals surface area contributed by atoms with E-state index in [-0.39, 0.29) is 24.4 Å². The van der Waals surface area contributed by atoms with Gasteiger partial charge in [-0.05, 0) is 25.8 Å². The topological polar surface area (TPSA) is 148 Å². The van der Waals surface area contributed by atoms with Crippen molar-refractivity contribution in [2.75, 3.05) is 6.54 Å². The van der Waals surface area contributed by atoms with E-state index in [0.29, 0.717) is 11.5 Å². The summed E-state index contributed by atoms with van der Waals surface area (Å²) in [7, 11) is 0. The third-order valence-electron chi connectivity index (χ3n) is 4.23. The minimum Gasteiger partial charge on any atom is -0.501 e. The van der Waals surface area contributed by atoms with Gasteiger partial charge in [0.15, 0.2) is 5.78 Å². The van der Waals surface area contributed by atoms with Crippen LogP contribution in [0.25, 0.3) is 0 Å². The van der Waals surface area contributed by atoms with E-state index < -0.39 is 33.4 Å². The third kappa shape index (κ3) is 5.07. The number of aliphatic hydroxyl groups is 1. The molecule has 10 nitrogen and oxygen atoms in total.